The quantitative estimate of drug-likeness (QED) is 0.143. The molecule has 1 saturated heterocycles. The minimum absolute atomic E-state index is 0.329. The van der Waals surface area contributed by atoms with Gasteiger partial charge in [0, 0.05) is 29.9 Å². The number of ether oxygens (including phenoxy) is 2. The maximum atomic E-state index is 12.2. The van der Waals surface area contributed by atoms with Crippen molar-refractivity contribution in [3.8, 4) is 11.5 Å². The van der Waals surface area contributed by atoms with Gasteiger partial charge in [0.2, 0.25) is 0 Å². The summed E-state index contributed by atoms with van der Waals surface area (Å²) in [4.78, 5) is 37.0. The maximum Gasteiger partial charge on any atom is 0.490 e. The number of anilines is 2. The summed E-state index contributed by atoms with van der Waals surface area (Å²) in [6.07, 6.45) is -2.91. The largest absolute Gasteiger partial charge is 0.493 e. The molecular weight excluding hydrogens is 654 g/mol. The molecule has 2 aromatic carbocycles. The molecule has 1 aromatic heterocycles. The van der Waals surface area contributed by atoms with E-state index in [0.717, 1.165) is 36.0 Å². The van der Waals surface area contributed by atoms with Crippen molar-refractivity contribution in [1.29, 1.82) is 0 Å². The van der Waals surface area contributed by atoms with Gasteiger partial charge in [-0.05, 0) is 56.5 Å². The Hall–Kier alpha value is -4.80. The van der Waals surface area contributed by atoms with Crippen LogP contribution in [0.25, 0.3) is 10.9 Å². The third kappa shape index (κ3) is 12.1. The van der Waals surface area contributed by atoms with Gasteiger partial charge in [-0.3, -0.25) is 9.78 Å². The molecule has 4 rings (SSSR count). The standard InChI is InChI=1S/C27H34N4O3.2C2HF3O2/c1-3-19-10-5-6-11-22(19)30-26-20-16-24(33-2)25(17-23(20)29-18-21(26)27(28)32)34-15-9-14-31-12-7-4-8-13-31;2*3-2(4,5)1(6)7/h5-6,10-11,16-18H,3-4,7-9,12-15H2,1-2H3,(H2,28,32)(H,29,30);2*(H,6,7). The van der Waals surface area contributed by atoms with Crippen molar-refractivity contribution in [2.45, 2.75) is 51.4 Å². The number of para-hydroxylation sites is 1. The molecule has 0 spiro atoms. The van der Waals surface area contributed by atoms with E-state index in [1.807, 2.05) is 30.3 Å². The normalized spacial score (nSPS) is 13.3. The number of halogens is 6. The van der Waals surface area contributed by atoms with Gasteiger partial charge in [0.25, 0.3) is 5.91 Å². The molecule has 2 heterocycles. The lowest BCUT2D eigenvalue weighted by atomic mass is 10.1. The molecule has 0 bridgehead atoms. The van der Waals surface area contributed by atoms with Crippen molar-refractivity contribution in [2.24, 2.45) is 5.73 Å². The van der Waals surface area contributed by atoms with Crippen LogP contribution < -0.4 is 20.5 Å². The van der Waals surface area contributed by atoms with E-state index in [4.69, 9.17) is 35.0 Å². The van der Waals surface area contributed by atoms with Gasteiger partial charge >= 0.3 is 24.3 Å². The minimum Gasteiger partial charge on any atom is -0.493 e. The van der Waals surface area contributed by atoms with E-state index in [0.29, 0.717) is 34.9 Å². The number of carboxylic acid groups (broad SMARTS) is 2. The van der Waals surface area contributed by atoms with Gasteiger partial charge in [-0.15, -0.1) is 0 Å². The summed E-state index contributed by atoms with van der Waals surface area (Å²) in [6, 6.07) is 11.8. The average Bonchev–Trinajstić information content (AvgIpc) is 3.03. The number of likely N-dealkylation sites (tertiary alicyclic amines) is 1. The first-order valence-electron chi connectivity index (χ1n) is 14.6. The number of hydrogen-bond acceptors (Lipinski definition) is 8. The summed E-state index contributed by atoms with van der Waals surface area (Å²) in [5.74, 6) is -4.81. The van der Waals surface area contributed by atoms with Gasteiger partial charge < -0.3 is 35.6 Å². The predicted octanol–water partition coefficient (Wildman–Crippen LogP) is 6.17. The smallest absolute Gasteiger partial charge is 0.490 e. The number of amides is 1. The molecule has 11 nitrogen and oxygen atoms in total. The molecule has 1 fully saturated rings. The van der Waals surface area contributed by atoms with Crippen LogP contribution in [0.15, 0.2) is 42.6 Å². The predicted molar refractivity (Wildman–Crippen MR) is 164 cm³/mol. The fourth-order valence-corrected chi connectivity index (χ4v) is 4.53. The van der Waals surface area contributed by atoms with Gasteiger partial charge in [0.1, 0.15) is 0 Å². The molecule has 264 valence electrons. The molecule has 0 aliphatic carbocycles. The van der Waals surface area contributed by atoms with Crippen molar-refractivity contribution < 1.29 is 60.4 Å². The fourth-order valence-electron chi connectivity index (χ4n) is 4.53. The number of alkyl halides is 6. The summed E-state index contributed by atoms with van der Waals surface area (Å²) in [7, 11) is 1.62. The lowest BCUT2D eigenvalue weighted by molar-refractivity contribution is -0.193. The van der Waals surface area contributed by atoms with Crippen molar-refractivity contribution in [1.82, 2.24) is 9.88 Å². The van der Waals surface area contributed by atoms with Gasteiger partial charge in [-0.2, -0.15) is 26.3 Å². The lowest BCUT2D eigenvalue weighted by Crippen LogP contribution is -2.31. The van der Waals surface area contributed by atoms with Gasteiger partial charge in [0.05, 0.1) is 30.5 Å². The number of aliphatic carboxylic acids is 2. The molecule has 1 amide bonds. The Balaban J connectivity index is 0.000000479. The van der Waals surface area contributed by atoms with Gasteiger partial charge in [-0.1, -0.05) is 31.5 Å². The number of nitrogens with two attached hydrogens (primary N) is 1. The molecule has 0 radical (unpaired) electrons. The van der Waals surface area contributed by atoms with Crippen LogP contribution in [-0.4, -0.2) is 83.6 Å². The average molecular weight is 691 g/mol. The molecule has 5 N–H and O–H groups in total. The Morgan fingerprint density at radius 3 is 2.06 bits per heavy atom. The summed E-state index contributed by atoms with van der Waals surface area (Å²) in [5, 5.41) is 18.4. The van der Waals surface area contributed by atoms with Gasteiger partial charge in [0.15, 0.2) is 11.5 Å². The Labute approximate surface area is 271 Å². The number of piperidine rings is 1. The topological polar surface area (TPSA) is 164 Å². The number of carboxylic acids is 2. The van der Waals surface area contributed by atoms with Crippen LogP contribution in [0.2, 0.25) is 0 Å². The van der Waals surface area contributed by atoms with Crippen molar-refractivity contribution in [3.63, 3.8) is 0 Å². The van der Waals surface area contributed by atoms with E-state index in [9.17, 15) is 31.1 Å². The number of rotatable bonds is 10. The van der Waals surface area contributed by atoms with Crippen molar-refractivity contribution in [3.05, 3.63) is 53.7 Å². The van der Waals surface area contributed by atoms with E-state index in [1.165, 1.54) is 38.5 Å². The zero-order valence-electron chi connectivity index (χ0n) is 26.1. The summed E-state index contributed by atoms with van der Waals surface area (Å²) in [6.45, 7) is 6.11. The number of methoxy groups -OCH3 is 1. The molecule has 1 aliphatic heterocycles. The number of carbonyl (C=O) groups is 3. The number of primary amides is 1. The molecule has 0 unspecified atom stereocenters. The number of nitrogens with one attached hydrogen (secondary N) is 1. The Kier molecular flexibility index (Phi) is 14.7. The number of aromatic nitrogens is 1. The van der Waals surface area contributed by atoms with Crippen LogP contribution in [0, 0.1) is 0 Å². The SMILES string of the molecule is CCc1ccccc1Nc1c(C(N)=O)cnc2cc(OCCCN3CCCCC3)c(OC)cc12.O=C(O)C(F)(F)F.O=C(O)C(F)(F)F. The second-order valence-corrected chi connectivity index (χ2v) is 10.3. The summed E-state index contributed by atoms with van der Waals surface area (Å²) < 4.78 is 75.2. The molecule has 3 aromatic rings. The van der Waals surface area contributed by atoms with E-state index < -0.39 is 30.2 Å². The number of aryl methyl sites for hydroxylation is 1. The first-order valence-corrected chi connectivity index (χ1v) is 14.6. The number of fused-ring (bicyclic) bond motifs is 1. The summed E-state index contributed by atoms with van der Waals surface area (Å²) in [5.41, 5.74) is 9.41. The maximum absolute atomic E-state index is 12.2. The van der Waals surface area contributed by atoms with Crippen LogP contribution >= 0.6 is 0 Å². The number of hydrogen-bond donors (Lipinski definition) is 4. The van der Waals surface area contributed by atoms with Crippen LogP contribution in [-0.2, 0) is 16.0 Å². The molecule has 1 aliphatic rings. The third-order valence-corrected chi connectivity index (χ3v) is 6.89. The van der Waals surface area contributed by atoms with Gasteiger partial charge in [-0.25, -0.2) is 9.59 Å². The van der Waals surface area contributed by atoms with Crippen LogP contribution in [0.3, 0.4) is 0 Å². The first-order chi connectivity index (χ1) is 22.5. The molecular formula is C31H36F6N4O7. The van der Waals surface area contributed by atoms with E-state index >= 15 is 0 Å². The number of benzene rings is 2. The Morgan fingerprint density at radius 2 is 1.54 bits per heavy atom. The van der Waals surface area contributed by atoms with Crippen LogP contribution in [0.1, 0.15) is 48.5 Å². The zero-order chi connectivity index (χ0) is 36.1. The number of carbonyl (C=O) groups excluding carboxylic acids is 1. The Bertz CT molecular complexity index is 1520. The lowest BCUT2D eigenvalue weighted by Gasteiger charge is -2.26. The fraction of sp³-hybridized carbons (Fsp3) is 0.419. The van der Waals surface area contributed by atoms with E-state index in [2.05, 4.69) is 28.2 Å². The van der Waals surface area contributed by atoms with Crippen LogP contribution in [0.5, 0.6) is 11.5 Å². The third-order valence-electron chi connectivity index (χ3n) is 6.89. The monoisotopic (exact) mass is 690 g/mol. The van der Waals surface area contributed by atoms with E-state index in [1.54, 1.807) is 7.11 Å². The molecule has 0 atom stereocenters. The molecule has 0 saturated carbocycles. The van der Waals surface area contributed by atoms with Crippen molar-refractivity contribution >= 4 is 40.1 Å². The minimum atomic E-state index is -5.08. The van der Waals surface area contributed by atoms with Crippen LogP contribution in [0.4, 0.5) is 37.7 Å². The zero-order valence-corrected chi connectivity index (χ0v) is 26.1. The van der Waals surface area contributed by atoms with Crippen molar-refractivity contribution in [2.75, 3.05) is 38.7 Å². The highest BCUT2D eigenvalue weighted by molar-refractivity contribution is 6.08. The number of nitrogens with zero attached hydrogens (tertiary/aromatic N) is 2. The Morgan fingerprint density at radius 1 is 0.958 bits per heavy atom. The molecule has 48 heavy (non-hydrogen) atoms. The molecule has 17 heteroatoms. The highest BCUT2D eigenvalue weighted by Gasteiger charge is 2.38. The highest BCUT2D eigenvalue weighted by atomic mass is 19.4. The van der Waals surface area contributed by atoms with E-state index in [-0.39, 0.29) is 0 Å². The highest BCUT2D eigenvalue weighted by Crippen LogP contribution is 2.38. The first kappa shape index (κ1) is 39.4. The second-order valence-electron chi connectivity index (χ2n) is 10.3. The summed E-state index contributed by atoms with van der Waals surface area (Å²) >= 11 is 0. The second kappa shape index (κ2) is 17.9. The number of pyridine rings is 1.